The first-order valence-corrected chi connectivity index (χ1v) is 11.5. The van der Waals surface area contributed by atoms with Gasteiger partial charge in [0.15, 0.2) is 0 Å². The van der Waals surface area contributed by atoms with E-state index in [0.717, 1.165) is 0 Å². The number of amides is 3. The molecule has 31 heavy (non-hydrogen) atoms. The highest BCUT2D eigenvalue weighted by Gasteiger charge is 2.32. The number of thiol groups is 1. The lowest BCUT2D eigenvalue weighted by atomic mass is 9.96. The number of rotatable bonds is 14. The van der Waals surface area contributed by atoms with E-state index in [0.29, 0.717) is 12.8 Å². The predicted molar refractivity (Wildman–Crippen MR) is 124 cm³/mol. The molecule has 180 valence electrons. The molecular weight excluding hydrogens is 420 g/mol. The molecule has 9 nitrogen and oxygen atoms in total. The van der Waals surface area contributed by atoms with Crippen LogP contribution in [0.1, 0.15) is 60.8 Å². The van der Waals surface area contributed by atoms with Gasteiger partial charge in [-0.3, -0.25) is 14.4 Å². The summed E-state index contributed by atoms with van der Waals surface area (Å²) in [5, 5.41) is 17.3. The van der Waals surface area contributed by atoms with Crippen molar-refractivity contribution in [3.05, 3.63) is 0 Å². The van der Waals surface area contributed by atoms with Gasteiger partial charge in [0.05, 0.1) is 6.04 Å². The summed E-state index contributed by atoms with van der Waals surface area (Å²) in [4.78, 5) is 49.6. The Hall–Kier alpha value is -1.81. The van der Waals surface area contributed by atoms with Crippen molar-refractivity contribution >= 4 is 36.3 Å². The third-order valence-electron chi connectivity index (χ3n) is 4.99. The molecule has 0 aromatic carbocycles. The van der Waals surface area contributed by atoms with Crippen LogP contribution in [-0.2, 0) is 19.2 Å². The molecule has 0 fully saturated rings. The Morgan fingerprint density at radius 2 is 1.32 bits per heavy atom. The lowest BCUT2D eigenvalue weighted by molar-refractivity contribution is -0.143. The van der Waals surface area contributed by atoms with Gasteiger partial charge >= 0.3 is 5.97 Å². The van der Waals surface area contributed by atoms with Gasteiger partial charge in [-0.2, -0.15) is 12.6 Å². The second-order valence-electron chi connectivity index (χ2n) is 8.88. The van der Waals surface area contributed by atoms with Crippen LogP contribution >= 0.6 is 12.6 Å². The van der Waals surface area contributed by atoms with Gasteiger partial charge in [0.1, 0.15) is 18.1 Å². The normalized spacial score (nSPS) is 16.2. The number of nitrogens with two attached hydrogens (primary N) is 1. The first-order valence-electron chi connectivity index (χ1n) is 10.8. The molecule has 0 saturated carbocycles. The number of aliphatic carboxylic acids is 1. The molecular formula is C21H40N4O5S. The third-order valence-corrected chi connectivity index (χ3v) is 5.38. The zero-order valence-electron chi connectivity index (χ0n) is 19.5. The van der Waals surface area contributed by atoms with Crippen LogP contribution in [0.2, 0.25) is 0 Å². The predicted octanol–water partition coefficient (Wildman–Crippen LogP) is 0.921. The van der Waals surface area contributed by atoms with Gasteiger partial charge < -0.3 is 26.8 Å². The number of carbonyl (C=O) groups excluding carboxylic acids is 3. The number of carbonyl (C=O) groups is 4. The molecule has 0 aliphatic heterocycles. The maximum atomic E-state index is 13.0. The molecule has 6 N–H and O–H groups in total. The molecule has 0 saturated heterocycles. The van der Waals surface area contributed by atoms with Crippen LogP contribution in [0.5, 0.6) is 0 Å². The van der Waals surface area contributed by atoms with Crippen LogP contribution in [0.15, 0.2) is 0 Å². The van der Waals surface area contributed by atoms with Gasteiger partial charge in [-0.1, -0.05) is 48.0 Å². The van der Waals surface area contributed by atoms with Crippen molar-refractivity contribution in [2.45, 2.75) is 85.0 Å². The number of nitrogens with one attached hydrogen (secondary N) is 3. The van der Waals surface area contributed by atoms with E-state index in [2.05, 4.69) is 28.6 Å². The van der Waals surface area contributed by atoms with Crippen LogP contribution in [0.3, 0.4) is 0 Å². The van der Waals surface area contributed by atoms with Crippen LogP contribution in [0, 0.1) is 17.8 Å². The Morgan fingerprint density at radius 1 is 0.839 bits per heavy atom. The molecule has 0 rings (SSSR count). The molecule has 3 amide bonds. The largest absolute Gasteiger partial charge is 0.480 e. The van der Waals surface area contributed by atoms with Crippen molar-refractivity contribution in [2.24, 2.45) is 23.5 Å². The SMILES string of the molecule is CCC(C)C(NC(=O)C(N)CS)C(=O)NC(CC(C)C)C(=O)NC(CC(C)C)C(=O)O. The molecule has 0 bridgehead atoms. The van der Waals surface area contributed by atoms with E-state index in [4.69, 9.17) is 5.73 Å². The summed E-state index contributed by atoms with van der Waals surface area (Å²) in [5.41, 5.74) is 5.70. The van der Waals surface area contributed by atoms with E-state index in [1.807, 2.05) is 41.5 Å². The van der Waals surface area contributed by atoms with Crippen molar-refractivity contribution in [1.29, 1.82) is 0 Å². The fraction of sp³-hybridized carbons (Fsp3) is 0.810. The molecule has 5 unspecified atom stereocenters. The highest BCUT2D eigenvalue weighted by molar-refractivity contribution is 7.80. The maximum absolute atomic E-state index is 13.0. The maximum Gasteiger partial charge on any atom is 0.326 e. The van der Waals surface area contributed by atoms with Crippen LogP contribution in [0.4, 0.5) is 0 Å². The first-order chi connectivity index (χ1) is 14.3. The summed E-state index contributed by atoms with van der Waals surface area (Å²) < 4.78 is 0. The molecule has 0 heterocycles. The Balaban J connectivity index is 5.52. The number of carboxylic acids is 1. The lowest BCUT2D eigenvalue weighted by Crippen LogP contribution is -2.59. The lowest BCUT2D eigenvalue weighted by Gasteiger charge is -2.28. The monoisotopic (exact) mass is 460 g/mol. The fourth-order valence-electron chi connectivity index (χ4n) is 2.97. The minimum Gasteiger partial charge on any atom is -0.480 e. The van der Waals surface area contributed by atoms with Gasteiger partial charge in [0.2, 0.25) is 17.7 Å². The van der Waals surface area contributed by atoms with E-state index < -0.39 is 47.9 Å². The zero-order chi connectivity index (χ0) is 24.3. The summed E-state index contributed by atoms with van der Waals surface area (Å²) in [6.45, 7) is 11.2. The second kappa shape index (κ2) is 14.3. The number of carboxylic acid groups (broad SMARTS) is 1. The van der Waals surface area contributed by atoms with Crippen molar-refractivity contribution in [3.8, 4) is 0 Å². The summed E-state index contributed by atoms with van der Waals surface area (Å²) in [5.74, 6) is -2.62. The Morgan fingerprint density at radius 3 is 1.74 bits per heavy atom. The van der Waals surface area contributed by atoms with Crippen LogP contribution in [0.25, 0.3) is 0 Å². The zero-order valence-corrected chi connectivity index (χ0v) is 20.4. The fourth-order valence-corrected chi connectivity index (χ4v) is 3.14. The van der Waals surface area contributed by atoms with Crippen molar-refractivity contribution < 1.29 is 24.3 Å². The van der Waals surface area contributed by atoms with Gasteiger partial charge in [-0.25, -0.2) is 4.79 Å². The molecule has 0 radical (unpaired) electrons. The highest BCUT2D eigenvalue weighted by atomic mass is 32.1. The van der Waals surface area contributed by atoms with E-state index in [1.54, 1.807) is 0 Å². The molecule has 0 aromatic rings. The summed E-state index contributed by atoms with van der Waals surface area (Å²) in [6, 6.07) is -3.71. The van der Waals surface area contributed by atoms with Crippen LogP contribution in [-0.4, -0.2) is 58.7 Å². The molecule has 0 aliphatic carbocycles. The third kappa shape index (κ3) is 10.9. The van der Waals surface area contributed by atoms with E-state index in [1.165, 1.54) is 0 Å². The molecule has 10 heteroatoms. The average molecular weight is 461 g/mol. The van der Waals surface area contributed by atoms with Crippen LogP contribution < -0.4 is 21.7 Å². The summed E-state index contributed by atoms with van der Waals surface area (Å²) in [6.07, 6.45) is 1.21. The van der Waals surface area contributed by atoms with Crippen molar-refractivity contribution in [3.63, 3.8) is 0 Å². The smallest absolute Gasteiger partial charge is 0.326 e. The highest BCUT2D eigenvalue weighted by Crippen LogP contribution is 2.12. The van der Waals surface area contributed by atoms with Crippen molar-refractivity contribution in [1.82, 2.24) is 16.0 Å². The van der Waals surface area contributed by atoms with Crippen molar-refractivity contribution in [2.75, 3.05) is 5.75 Å². The van der Waals surface area contributed by atoms with Gasteiger partial charge in [-0.05, 0) is 30.6 Å². The van der Waals surface area contributed by atoms with E-state index in [-0.39, 0.29) is 29.9 Å². The Kier molecular flexibility index (Phi) is 13.5. The summed E-state index contributed by atoms with van der Waals surface area (Å²) >= 11 is 4.01. The van der Waals surface area contributed by atoms with Gasteiger partial charge in [0.25, 0.3) is 0 Å². The van der Waals surface area contributed by atoms with Gasteiger partial charge in [0, 0.05) is 5.75 Å². The molecule has 0 spiro atoms. The molecule has 5 atom stereocenters. The summed E-state index contributed by atoms with van der Waals surface area (Å²) in [7, 11) is 0. The van der Waals surface area contributed by atoms with E-state index >= 15 is 0 Å². The standard InChI is InChI=1S/C21H40N4O5S/c1-7-13(6)17(25-18(26)14(22)10-31)20(28)23-15(8-11(2)3)19(27)24-16(21(29)30)9-12(4)5/h11-17,31H,7-10,22H2,1-6H3,(H,23,28)(H,24,27)(H,25,26)(H,29,30). The van der Waals surface area contributed by atoms with E-state index in [9.17, 15) is 24.3 Å². The Labute approximate surface area is 191 Å². The molecule has 0 aromatic heterocycles. The second-order valence-corrected chi connectivity index (χ2v) is 9.25. The topological polar surface area (TPSA) is 151 Å². The minimum atomic E-state index is -1.12. The quantitative estimate of drug-likeness (QED) is 0.212. The Bertz CT molecular complexity index is 615. The van der Waals surface area contributed by atoms with Gasteiger partial charge in [-0.15, -0.1) is 0 Å². The minimum absolute atomic E-state index is 0.0682. The number of hydrogen-bond donors (Lipinski definition) is 6. The molecule has 0 aliphatic rings. The number of hydrogen-bond acceptors (Lipinski definition) is 6. The average Bonchev–Trinajstić information content (AvgIpc) is 2.68. The first kappa shape index (κ1) is 29.2.